The number of hydrogen-bond donors (Lipinski definition) is 1. The molecule has 2 heterocycles. The Labute approximate surface area is 123 Å². The van der Waals surface area contributed by atoms with Crippen LogP contribution in [-0.4, -0.2) is 42.6 Å². The van der Waals surface area contributed by atoms with Crippen LogP contribution in [0, 0.1) is 0 Å². The molecule has 0 radical (unpaired) electrons. The van der Waals surface area contributed by atoms with E-state index in [0.29, 0.717) is 17.8 Å². The molecule has 20 heavy (non-hydrogen) atoms. The van der Waals surface area contributed by atoms with E-state index < -0.39 is 0 Å². The first-order valence-electron chi connectivity index (χ1n) is 6.49. The standard InChI is InChI=1S/C13H20N6S/c1-5-14-11-15-12(18(2)3)17-13(16-11)19(4)8-10-6-7-20-9-10/h6-7,9H,5,8H2,1-4H3,(H,14,15,16,17). The predicted molar refractivity (Wildman–Crippen MR) is 84.7 cm³/mol. The lowest BCUT2D eigenvalue weighted by atomic mass is 10.3. The molecule has 2 aromatic heterocycles. The van der Waals surface area contributed by atoms with Crippen molar-refractivity contribution in [3.8, 4) is 0 Å². The molecule has 108 valence electrons. The number of aromatic nitrogens is 3. The van der Waals surface area contributed by atoms with Crippen molar-refractivity contribution >= 4 is 29.2 Å². The van der Waals surface area contributed by atoms with Crippen molar-refractivity contribution in [2.45, 2.75) is 13.5 Å². The molecular weight excluding hydrogens is 272 g/mol. The maximum atomic E-state index is 4.49. The van der Waals surface area contributed by atoms with Gasteiger partial charge >= 0.3 is 0 Å². The van der Waals surface area contributed by atoms with Gasteiger partial charge in [0.1, 0.15) is 0 Å². The minimum Gasteiger partial charge on any atom is -0.354 e. The Morgan fingerprint density at radius 2 is 1.90 bits per heavy atom. The Balaban J connectivity index is 2.24. The number of nitrogens with one attached hydrogen (secondary N) is 1. The average Bonchev–Trinajstić information content (AvgIpc) is 2.91. The van der Waals surface area contributed by atoms with Gasteiger partial charge in [0.05, 0.1) is 0 Å². The molecule has 7 heteroatoms. The maximum absolute atomic E-state index is 4.49. The van der Waals surface area contributed by atoms with Crippen molar-refractivity contribution < 1.29 is 0 Å². The highest BCUT2D eigenvalue weighted by molar-refractivity contribution is 7.07. The summed E-state index contributed by atoms with van der Waals surface area (Å²) < 4.78 is 0. The van der Waals surface area contributed by atoms with E-state index in [0.717, 1.165) is 13.1 Å². The molecular formula is C13H20N6S. The number of rotatable bonds is 6. The monoisotopic (exact) mass is 292 g/mol. The summed E-state index contributed by atoms with van der Waals surface area (Å²) in [5.74, 6) is 1.94. The predicted octanol–water partition coefficient (Wildman–Crippen LogP) is 2.07. The Bertz CT molecular complexity index is 540. The molecule has 0 saturated heterocycles. The first kappa shape index (κ1) is 14.5. The van der Waals surface area contributed by atoms with Crippen molar-refractivity contribution in [3.63, 3.8) is 0 Å². The van der Waals surface area contributed by atoms with Crippen LogP contribution in [0.3, 0.4) is 0 Å². The highest BCUT2D eigenvalue weighted by Gasteiger charge is 2.11. The normalized spacial score (nSPS) is 10.4. The highest BCUT2D eigenvalue weighted by atomic mass is 32.1. The van der Waals surface area contributed by atoms with E-state index in [2.05, 4.69) is 37.1 Å². The van der Waals surface area contributed by atoms with Crippen LogP contribution >= 0.6 is 11.3 Å². The minimum absolute atomic E-state index is 0.610. The van der Waals surface area contributed by atoms with Gasteiger partial charge in [0.2, 0.25) is 17.8 Å². The zero-order valence-corrected chi connectivity index (χ0v) is 13.1. The van der Waals surface area contributed by atoms with Crippen LogP contribution in [-0.2, 0) is 6.54 Å². The van der Waals surface area contributed by atoms with Crippen LogP contribution in [0.25, 0.3) is 0 Å². The zero-order chi connectivity index (χ0) is 14.5. The van der Waals surface area contributed by atoms with Crippen LogP contribution in [0.4, 0.5) is 17.8 Å². The zero-order valence-electron chi connectivity index (χ0n) is 12.3. The van der Waals surface area contributed by atoms with Gasteiger partial charge in [-0.25, -0.2) is 0 Å². The van der Waals surface area contributed by atoms with Crippen molar-refractivity contribution in [2.75, 3.05) is 42.8 Å². The Hall–Kier alpha value is -1.89. The van der Waals surface area contributed by atoms with Gasteiger partial charge in [-0.05, 0) is 29.3 Å². The first-order chi connectivity index (χ1) is 9.60. The van der Waals surface area contributed by atoms with Crippen LogP contribution in [0.1, 0.15) is 12.5 Å². The van der Waals surface area contributed by atoms with E-state index in [-0.39, 0.29) is 0 Å². The van der Waals surface area contributed by atoms with Crippen LogP contribution in [0.15, 0.2) is 16.8 Å². The molecule has 0 spiro atoms. The van der Waals surface area contributed by atoms with Gasteiger partial charge in [-0.1, -0.05) is 0 Å². The molecule has 0 bridgehead atoms. The van der Waals surface area contributed by atoms with Gasteiger partial charge in [-0.2, -0.15) is 26.3 Å². The fourth-order valence-corrected chi connectivity index (χ4v) is 2.35. The molecule has 0 aliphatic heterocycles. The number of hydrogen-bond acceptors (Lipinski definition) is 7. The van der Waals surface area contributed by atoms with Crippen molar-refractivity contribution in [3.05, 3.63) is 22.4 Å². The SMILES string of the molecule is CCNc1nc(N(C)C)nc(N(C)Cc2ccsc2)n1. The smallest absolute Gasteiger partial charge is 0.232 e. The lowest BCUT2D eigenvalue weighted by Crippen LogP contribution is -2.22. The van der Waals surface area contributed by atoms with Crippen LogP contribution < -0.4 is 15.1 Å². The summed E-state index contributed by atoms with van der Waals surface area (Å²) in [5, 5.41) is 7.35. The van der Waals surface area contributed by atoms with Crippen LogP contribution in [0.5, 0.6) is 0 Å². The first-order valence-corrected chi connectivity index (χ1v) is 7.44. The minimum atomic E-state index is 0.610. The summed E-state index contributed by atoms with van der Waals surface area (Å²) in [7, 11) is 5.84. The molecule has 0 aromatic carbocycles. The average molecular weight is 292 g/mol. The molecule has 1 N–H and O–H groups in total. The number of anilines is 3. The summed E-state index contributed by atoms with van der Waals surface area (Å²) in [6.45, 7) is 3.59. The summed E-state index contributed by atoms with van der Waals surface area (Å²) in [5.41, 5.74) is 1.26. The second-order valence-corrected chi connectivity index (χ2v) is 5.45. The lowest BCUT2D eigenvalue weighted by molar-refractivity contribution is 0.843. The third kappa shape index (κ3) is 3.57. The van der Waals surface area contributed by atoms with E-state index in [1.807, 2.05) is 37.9 Å². The summed E-state index contributed by atoms with van der Waals surface area (Å²) in [6.07, 6.45) is 0. The van der Waals surface area contributed by atoms with E-state index in [9.17, 15) is 0 Å². The van der Waals surface area contributed by atoms with E-state index in [4.69, 9.17) is 0 Å². The Morgan fingerprint density at radius 1 is 1.15 bits per heavy atom. The highest BCUT2D eigenvalue weighted by Crippen LogP contribution is 2.17. The molecule has 0 fully saturated rings. The third-order valence-corrected chi connectivity index (χ3v) is 3.42. The molecule has 0 saturated carbocycles. The van der Waals surface area contributed by atoms with Gasteiger partial charge in [-0.3, -0.25) is 0 Å². The summed E-state index contributed by atoms with van der Waals surface area (Å²) in [4.78, 5) is 17.2. The third-order valence-electron chi connectivity index (χ3n) is 2.69. The molecule has 2 rings (SSSR count). The van der Waals surface area contributed by atoms with Crippen LogP contribution in [0.2, 0.25) is 0 Å². The number of nitrogens with zero attached hydrogens (tertiary/aromatic N) is 5. The van der Waals surface area contributed by atoms with Gasteiger partial charge < -0.3 is 15.1 Å². The van der Waals surface area contributed by atoms with Gasteiger partial charge in [0.25, 0.3) is 0 Å². The molecule has 6 nitrogen and oxygen atoms in total. The maximum Gasteiger partial charge on any atom is 0.232 e. The molecule has 0 aliphatic rings. The van der Waals surface area contributed by atoms with E-state index >= 15 is 0 Å². The largest absolute Gasteiger partial charge is 0.354 e. The van der Waals surface area contributed by atoms with Crippen molar-refractivity contribution in [2.24, 2.45) is 0 Å². The topological polar surface area (TPSA) is 57.2 Å². The second-order valence-electron chi connectivity index (χ2n) is 4.67. The fourth-order valence-electron chi connectivity index (χ4n) is 1.69. The Kier molecular flexibility index (Phi) is 4.73. The van der Waals surface area contributed by atoms with E-state index in [1.54, 1.807) is 11.3 Å². The van der Waals surface area contributed by atoms with Gasteiger partial charge in [0, 0.05) is 34.2 Å². The fraction of sp³-hybridized carbons (Fsp3) is 0.462. The summed E-state index contributed by atoms with van der Waals surface area (Å²) >= 11 is 1.70. The lowest BCUT2D eigenvalue weighted by Gasteiger charge is -2.19. The Morgan fingerprint density at radius 3 is 2.50 bits per heavy atom. The molecule has 2 aromatic rings. The van der Waals surface area contributed by atoms with Crippen molar-refractivity contribution in [1.29, 1.82) is 0 Å². The molecule has 0 unspecified atom stereocenters. The molecule has 0 aliphatic carbocycles. The number of thiophene rings is 1. The van der Waals surface area contributed by atoms with Crippen molar-refractivity contribution in [1.82, 2.24) is 15.0 Å². The van der Waals surface area contributed by atoms with E-state index in [1.165, 1.54) is 5.56 Å². The summed E-state index contributed by atoms with van der Waals surface area (Å²) in [6, 6.07) is 2.11. The molecule has 0 atom stereocenters. The van der Waals surface area contributed by atoms with Gasteiger partial charge in [-0.15, -0.1) is 0 Å². The van der Waals surface area contributed by atoms with Gasteiger partial charge in [0.15, 0.2) is 0 Å². The molecule has 0 amide bonds. The quantitative estimate of drug-likeness (QED) is 0.879. The second kappa shape index (κ2) is 6.51.